The van der Waals surface area contributed by atoms with Gasteiger partial charge in [-0.3, -0.25) is 0 Å². The van der Waals surface area contributed by atoms with Crippen molar-refractivity contribution in [3.8, 4) is 0 Å². The molecule has 1 aliphatic heterocycles. The molecule has 0 aromatic rings. The third kappa shape index (κ3) is 5.04. The molecule has 1 saturated heterocycles. The van der Waals surface area contributed by atoms with E-state index < -0.39 is 12.2 Å². The second-order valence-electron chi connectivity index (χ2n) is 12.3. The quantitative estimate of drug-likeness (QED) is 0.329. The molecule has 1 heterocycles. The number of aliphatic hydroxyl groups excluding tert-OH is 3. The Hall–Kier alpha value is -1.69. The molecule has 0 aromatic carbocycles. The van der Waals surface area contributed by atoms with Crippen molar-refractivity contribution in [3.63, 3.8) is 0 Å². The Bertz CT molecular complexity index is 931. The molecule has 9 atom stereocenters. The second kappa shape index (κ2) is 11.0. The van der Waals surface area contributed by atoms with Gasteiger partial charge in [0.05, 0.1) is 12.2 Å². The van der Waals surface area contributed by atoms with Crippen LogP contribution < -0.4 is 0 Å². The molecule has 3 aliphatic carbocycles. The van der Waals surface area contributed by atoms with E-state index in [9.17, 15) is 15.0 Å². The third-order valence-electron chi connectivity index (χ3n) is 10.2. The predicted molar refractivity (Wildman–Crippen MR) is 142 cm³/mol. The molecular weight excluding hydrogens is 452 g/mol. The van der Waals surface area contributed by atoms with Gasteiger partial charge in [-0.05, 0) is 92.1 Å². The van der Waals surface area contributed by atoms with E-state index in [0.29, 0.717) is 48.2 Å². The molecule has 4 fully saturated rings. The van der Waals surface area contributed by atoms with Gasteiger partial charge in [-0.1, -0.05) is 51.7 Å². The zero-order chi connectivity index (χ0) is 26.2. The molecule has 0 unspecified atom stereocenters. The summed E-state index contributed by atoms with van der Waals surface area (Å²) in [6.45, 7) is 15.0. The van der Waals surface area contributed by atoms with Crippen molar-refractivity contribution in [2.45, 2.75) is 96.9 Å². The van der Waals surface area contributed by atoms with Crippen molar-refractivity contribution >= 4 is 5.97 Å². The maximum absolute atomic E-state index is 12.0. The summed E-state index contributed by atoms with van der Waals surface area (Å²) in [6.07, 6.45) is 11.4. The van der Waals surface area contributed by atoms with Crippen molar-refractivity contribution in [1.29, 1.82) is 0 Å². The fraction of sp³-hybridized carbons (Fsp3) is 0.710. The molecule has 0 radical (unpaired) electrons. The monoisotopic (exact) mass is 498 g/mol. The van der Waals surface area contributed by atoms with E-state index in [1.54, 1.807) is 0 Å². The minimum Gasteiger partial charge on any atom is -0.458 e. The SMILES string of the molecule is C=C1C(=O)O[C@@H](C[C@@H](C)[C@H]2CC[C@H]3/C(=C/C=C4/C[C@@H](O)[C@H](CCCO)[C@H](O)C4=C)CCC[C@]23C)[C@@H]1C. The average molecular weight is 499 g/mol. The third-order valence-corrected chi connectivity index (χ3v) is 10.2. The predicted octanol–water partition coefficient (Wildman–Crippen LogP) is 5.27. The van der Waals surface area contributed by atoms with Crippen molar-refractivity contribution in [2.75, 3.05) is 6.61 Å². The Morgan fingerprint density at radius 2 is 1.94 bits per heavy atom. The van der Waals surface area contributed by atoms with E-state index in [1.165, 1.54) is 31.3 Å². The first kappa shape index (κ1) is 27.3. The average Bonchev–Trinajstić information content (AvgIpc) is 3.32. The normalized spacial score (nSPS) is 42.2. The van der Waals surface area contributed by atoms with Crippen LogP contribution in [0, 0.1) is 35.0 Å². The molecule has 3 N–H and O–H groups in total. The lowest BCUT2D eigenvalue weighted by molar-refractivity contribution is -0.140. The number of aliphatic hydroxyl groups is 3. The molecular formula is C31H46O5. The number of ether oxygens (including phenoxy) is 1. The summed E-state index contributed by atoms with van der Waals surface area (Å²) in [5.74, 6) is 1.21. The van der Waals surface area contributed by atoms with Gasteiger partial charge in [-0.2, -0.15) is 0 Å². The van der Waals surface area contributed by atoms with Gasteiger partial charge in [0.25, 0.3) is 0 Å². The van der Waals surface area contributed by atoms with Gasteiger partial charge < -0.3 is 20.1 Å². The zero-order valence-corrected chi connectivity index (χ0v) is 22.4. The van der Waals surface area contributed by atoms with Crippen LogP contribution in [0.1, 0.15) is 78.6 Å². The lowest BCUT2D eigenvalue weighted by Gasteiger charge is -2.44. The minimum absolute atomic E-state index is 0.0534. The molecule has 0 amide bonds. The first-order valence-electron chi connectivity index (χ1n) is 14.0. The highest BCUT2D eigenvalue weighted by Crippen LogP contribution is 2.60. The van der Waals surface area contributed by atoms with Crippen LogP contribution in [0.5, 0.6) is 0 Å². The van der Waals surface area contributed by atoms with Crippen LogP contribution in [0.25, 0.3) is 0 Å². The van der Waals surface area contributed by atoms with Gasteiger partial charge in [0.2, 0.25) is 0 Å². The lowest BCUT2D eigenvalue weighted by atomic mass is 9.60. The second-order valence-corrected chi connectivity index (χ2v) is 12.3. The number of hydrogen-bond acceptors (Lipinski definition) is 5. The molecule has 4 aliphatic rings. The van der Waals surface area contributed by atoms with Gasteiger partial charge in [0.15, 0.2) is 0 Å². The maximum atomic E-state index is 12.0. The van der Waals surface area contributed by atoms with Crippen molar-refractivity contribution in [2.24, 2.45) is 35.0 Å². The Morgan fingerprint density at radius 3 is 2.61 bits per heavy atom. The van der Waals surface area contributed by atoms with Gasteiger partial charge >= 0.3 is 5.97 Å². The van der Waals surface area contributed by atoms with Crippen LogP contribution in [0.3, 0.4) is 0 Å². The van der Waals surface area contributed by atoms with Crippen LogP contribution in [0.2, 0.25) is 0 Å². The van der Waals surface area contributed by atoms with Gasteiger partial charge in [-0.15, -0.1) is 0 Å². The van der Waals surface area contributed by atoms with Gasteiger partial charge in [0, 0.05) is 24.0 Å². The Morgan fingerprint density at radius 1 is 1.19 bits per heavy atom. The highest BCUT2D eigenvalue weighted by Gasteiger charge is 2.51. The van der Waals surface area contributed by atoms with E-state index in [1.807, 2.05) is 0 Å². The van der Waals surface area contributed by atoms with Crippen LogP contribution in [0.4, 0.5) is 0 Å². The van der Waals surface area contributed by atoms with Crippen molar-refractivity contribution < 1.29 is 24.9 Å². The molecule has 3 saturated carbocycles. The maximum Gasteiger partial charge on any atom is 0.334 e. The lowest BCUT2D eigenvalue weighted by Crippen LogP contribution is -2.38. The highest BCUT2D eigenvalue weighted by molar-refractivity contribution is 5.90. The summed E-state index contributed by atoms with van der Waals surface area (Å²) in [6, 6.07) is 0. The minimum atomic E-state index is -0.763. The van der Waals surface area contributed by atoms with E-state index >= 15 is 0 Å². The number of hydrogen-bond donors (Lipinski definition) is 3. The summed E-state index contributed by atoms with van der Waals surface area (Å²) in [4.78, 5) is 12.0. The smallest absolute Gasteiger partial charge is 0.334 e. The molecule has 200 valence electrons. The highest BCUT2D eigenvalue weighted by atomic mass is 16.6. The topological polar surface area (TPSA) is 87.0 Å². The van der Waals surface area contributed by atoms with Crippen molar-refractivity contribution in [1.82, 2.24) is 0 Å². The van der Waals surface area contributed by atoms with E-state index in [0.717, 1.165) is 18.4 Å². The molecule has 0 spiro atoms. The molecule has 0 bridgehead atoms. The molecule has 5 nitrogen and oxygen atoms in total. The summed E-state index contributed by atoms with van der Waals surface area (Å²) >= 11 is 0. The number of rotatable bonds is 7. The standard InChI is InChI=1S/C31H46O5/c1-18(16-28-19(2)20(3)30(35)36-28)25-12-13-26-22(8-6-14-31(25,26)5)10-11-23-17-27(33)24(9-7-15-32)29(34)21(23)4/h10-11,18-19,24-29,32-34H,3-4,6-9,12-17H2,1-2,5H3/b22-10+,23-11-/t18-,19-,24+,25-,26+,27-,28+,29-,31-/m1/s1. The number of carbonyl (C=O) groups is 1. The van der Waals surface area contributed by atoms with E-state index in [4.69, 9.17) is 9.84 Å². The zero-order valence-electron chi connectivity index (χ0n) is 22.4. The van der Waals surface area contributed by atoms with Gasteiger partial charge in [0.1, 0.15) is 6.10 Å². The number of cyclic esters (lactones) is 1. The molecule has 5 heteroatoms. The fourth-order valence-corrected chi connectivity index (χ4v) is 7.95. The van der Waals surface area contributed by atoms with E-state index in [2.05, 4.69) is 46.1 Å². The van der Waals surface area contributed by atoms with Crippen LogP contribution in [-0.2, 0) is 9.53 Å². The number of esters is 1. The number of carbonyl (C=O) groups excluding carboxylic acids is 1. The first-order chi connectivity index (χ1) is 17.1. The fourth-order valence-electron chi connectivity index (χ4n) is 7.95. The first-order valence-corrected chi connectivity index (χ1v) is 14.0. The van der Waals surface area contributed by atoms with Crippen LogP contribution in [-0.4, -0.2) is 46.2 Å². The summed E-state index contributed by atoms with van der Waals surface area (Å²) < 4.78 is 5.65. The Balaban J connectivity index is 1.46. The summed E-state index contributed by atoms with van der Waals surface area (Å²) in [7, 11) is 0. The molecule has 4 rings (SSSR count). The number of fused-ring (bicyclic) bond motifs is 1. The van der Waals surface area contributed by atoms with Crippen molar-refractivity contribution in [3.05, 3.63) is 47.6 Å². The number of allylic oxidation sites excluding steroid dienone is 3. The van der Waals surface area contributed by atoms with Gasteiger partial charge in [-0.25, -0.2) is 4.79 Å². The largest absolute Gasteiger partial charge is 0.458 e. The molecule has 36 heavy (non-hydrogen) atoms. The van der Waals surface area contributed by atoms with Crippen LogP contribution in [0.15, 0.2) is 47.6 Å². The Kier molecular flexibility index (Phi) is 8.33. The summed E-state index contributed by atoms with van der Waals surface area (Å²) in [5.41, 5.74) is 3.98. The van der Waals surface area contributed by atoms with E-state index in [-0.39, 0.29) is 35.9 Å². The van der Waals surface area contributed by atoms with Crippen LogP contribution >= 0.6 is 0 Å². The Labute approximate surface area is 217 Å². The summed E-state index contributed by atoms with van der Waals surface area (Å²) in [5, 5.41) is 30.6. The molecule has 0 aromatic heterocycles.